The first-order chi connectivity index (χ1) is 8.28. The molecule has 0 aromatic heterocycles. The summed E-state index contributed by atoms with van der Waals surface area (Å²) in [5, 5.41) is 17.7. The van der Waals surface area contributed by atoms with Crippen LogP contribution in [0.2, 0.25) is 0 Å². The van der Waals surface area contributed by atoms with Gasteiger partial charge in [0, 0.05) is 11.4 Å². The summed E-state index contributed by atoms with van der Waals surface area (Å²) in [4.78, 5) is 10.7. The molecular formula is C10H7F3N2O2S. The molecule has 0 aliphatic heterocycles. The fourth-order valence-electron chi connectivity index (χ4n) is 1.37. The van der Waals surface area contributed by atoms with Crippen molar-refractivity contribution in [3.05, 3.63) is 28.8 Å². The summed E-state index contributed by atoms with van der Waals surface area (Å²) >= 11 is -0.419. The lowest BCUT2D eigenvalue weighted by Gasteiger charge is -2.10. The van der Waals surface area contributed by atoms with Crippen LogP contribution in [-0.2, 0) is 6.54 Å². The van der Waals surface area contributed by atoms with Crippen LogP contribution >= 0.6 is 11.8 Å². The zero-order valence-corrected chi connectivity index (χ0v) is 9.60. The minimum Gasteiger partial charge on any atom is -0.478 e. The SMILES string of the molecule is N#Cc1cc(SC(F)(F)F)cc(CN)c1C(=O)O. The van der Waals surface area contributed by atoms with Gasteiger partial charge in [0.15, 0.2) is 0 Å². The van der Waals surface area contributed by atoms with Crippen LogP contribution < -0.4 is 5.73 Å². The molecule has 0 saturated carbocycles. The van der Waals surface area contributed by atoms with Crippen LogP contribution in [0.1, 0.15) is 21.5 Å². The van der Waals surface area contributed by atoms with Crippen LogP contribution in [0.15, 0.2) is 17.0 Å². The number of carboxylic acids is 1. The number of halogens is 3. The Hall–Kier alpha value is -1.72. The van der Waals surface area contributed by atoms with Gasteiger partial charge in [0.2, 0.25) is 0 Å². The van der Waals surface area contributed by atoms with Gasteiger partial charge in [-0.1, -0.05) is 0 Å². The molecular weight excluding hydrogens is 269 g/mol. The molecule has 0 radical (unpaired) electrons. The zero-order valence-electron chi connectivity index (χ0n) is 8.78. The summed E-state index contributed by atoms with van der Waals surface area (Å²) in [5.41, 5.74) is 0.0736. The van der Waals surface area contributed by atoms with Crippen molar-refractivity contribution >= 4 is 17.7 Å². The molecule has 18 heavy (non-hydrogen) atoms. The standard InChI is InChI=1S/C10H7F3N2O2S/c11-10(12,13)18-7-1-5(3-14)8(9(16)17)6(2-7)4-15/h1-2H,3,14H2,(H,16,17). The lowest BCUT2D eigenvalue weighted by atomic mass is 10.0. The Morgan fingerprint density at radius 1 is 1.50 bits per heavy atom. The van der Waals surface area contributed by atoms with E-state index in [1.54, 1.807) is 6.07 Å². The quantitative estimate of drug-likeness (QED) is 0.827. The van der Waals surface area contributed by atoms with E-state index >= 15 is 0 Å². The lowest BCUT2D eigenvalue weighted by Crippen LogP contribution is -2.10. The maximum absolute atomic E-state index is 12.2. The first kappa shape index (κ1) is 14.3. The van der Waals surface area contributed by atoms with E-state index in [1.165, 1.54) is 0 Å². The highest BCUT2D eigenvalue weighted by Gasteiger charge is 2.30. The zero-order chi connectivity index (χ0) is 13.9. The Morgan fingerprint density at radius 2 is 2.11 bits per heavy atom. The van der Waals surface area contributed by atoms with Gasteiger partial charge in [0.05, 0.1) is 11.1 Å². The lowest BCUT2D eigenvalue weighted by molar-refractivity contribution is -0.0328. The number of thioether (sulfide) groups is 1. The van der Waals surface area contributed by atoms with E-state index in [4.69, 9.17) is 16.1 Å². The van der Waals surface area contributed by atoms with Crippen LogP contribution in [0.3, 0.4) is 0 Å². The molecule has 0 unspecified atom stereocenters. The minimum absolute atomic E-state index is 0.00620. The summed E-state index contributed by atoms with van der Waals surface area (Å²) in [6.07, 6.45) is 0. The van der Waals surface area contributed by atoms with Crippen molar-refractivity contribution in [3.63, 3.8) is 0 Å². The Balaban J connectivity index is 3.37. The Bertz CT molecular complexity index is 523. The van der Waals surface area contributed by atoms with E-state index < -0.39 is 23.2 Å². The molecule has 0 aliphatic rings. The van der Waals surface area contributed by atoms with Crippen molar-refractivity contribution in [2.24, 2.45) is 5.73 Å². The minimum atomic E-state index is -4.51. The second-order valence-corrected chi connectivity index (χ2v) is 4.31. The molecule has 0 heterocycles. The van der Waals surface area contributed by atoms with E-state index in [2.05, 4.69) is 0 Å². The molecule has 1 aromatic rings. The highest BCUT2D eigenvalue weighted by Crippen LogP contribution is 2.38. The van der Waals surface area contributed by atoms with Gasteiger partial charge in [-0.25, -0.2) is 4.79 Å². The van der Waals surface area contributed by atoms with E-state index in [1.807, 2.05) is 0 Å². The number of nitrogens with two attached hydrogens (primary N) is 1. The number of nitrogens with zero attached hydrogens (tertiary/aromatic N) is 1. The Morgan fingerprint density at radius 3 is 2.50 bits per heavy atom. The maximum atomic E-state index is 12.2. The summed E-state index contributed by atoms with van der Waals surface area (Å²) in [5.74, 6) is -1.39. The number of hydrogen-bond acceptors (Lipinski definition) is 4. The molecule has 0 aliphatic carbocycles. The van der Waals surface area contributed by atoms with Crippen molar-refractivity contribution in [1.82, 2.24) is 0 Å². The molecule has 1 rings (SSSR count). The molecule has 0 spiro atoms. The van der Waals surface area contributed by atoms with Crippen LogP contribution in [0, 0.1) is 11.3 Å². The van der Waals surface area contributed by atoms with Gasteiger partial charge in [0.1, 0.15) is 6.07 Å². The van der Waals surface area contributed by atoms with Gasteiger partial charge in [0.25, 0.3) is 0 Å². The van der Waals surface area contributed by atoms with Crippen LogP contribution in [0.4, 0.5) is 13.2 Å². The molecule has 0 atom stereocenters. The average Bonchev–Trinajstić information content (AvgIpc) is 2.24. The number of alkyl halides is 3. The van der Waals surface area contributed by atoms with Crippen molar-refractivity contribution in [2.45, 2.75) is 16.9 Å². The van der Waals surface area contributed by atoms with Gasteiger partial charge < -0.3 is 10.8 Å². The number of hydrogen-bond donors (Lipinski definition) is 2. The number of aromatic carboxylic acids is 1. The third-order valence-electron chi connectivity index (χ3n) is 1.98. The second kappa shape index (κ2) is 5.29. The summed E-state index contributed by atoms with van der Waals surface area (Å²) in [6, 6.07) is 3.48. The summed E-state index contributed by atoms with van der Waals surface area (Å²) in [7, 11) is 0. The molecule has 0 amide bonds. The van der Waals surface area contributed by atoms with E-state index in [0.29, 0.717) is 0 Å². The molecule has 8 heteroatoms. The monoisotopic (exact) mass is 276 g/mol. The van der Waals surface area contributed by atoms with E-state index in [9.17, 15) is 18.0 Å². The fourth-order valence-corrected chi connectivity index (χ4v) is 2.01. The topological polar surface area (TPSA) is 87.1 Å². The van der Waals surface area contributed by atoms with Gasteiger partial charge in [-0.15, -0.1) is 0 Å². The smallest absolute Gasteiger partial charge is 0.446 e. The van der Waals surface area contributed by atoms with E-state index in [-0.39, 0.29) is 28.1 Å². The Labute approximate surface area is 104 Å². The predicted molar refractivity (Wildman–Crippen MR) is 57.9 cm³/mol. The number of nitriles is 1. The molecule has 3 N–H and O–H groups in total. The number of carboxylic acid groups (broad SMARTS) is 1. The van der Waals surface area contributed by atoms with Crippen molar-refractivity contribution in [3.8, 4) is 6.07 Å². The van der Waals surface area contributed by atoms with Crippen LogP contribution in [0.5, 0.6) is 0 Å². The Kier molecular flexibility index (Phi) is 4.21. The first-order valence-corrected chi connectivity index (χ1v) is 5.36. The summed E-state index contributed by atoms with van der Waals surface area (Å²) in [6.45, 7) is -0.261. The highest BCUT2D eigenvalue weighted by atomic mass is 32.2. The average molecular weight is 276 g/mol. The molecule has 0 saturated heterocycles. The number of carbonyl (C=O) groups is 1. The highest BCUT2D eigenvalue weighted by molar-refractivity contribution is 8.00. The molecule has 0 bridgehead atoms. The number of rotatable bonds is 3. The van der Waals surface area contributed by atoms with Gasteiger partial charge in [-0.05, 0) is 29.5 Å². The molecule has 0 fully saturated rings. The summed E-state index contributed by atoms with van der Waals surface area (Å²) < 4.78 is 36.6. The third kappa shape index (κ3) is 3.38. The number of benzene rings is 1. The van der Waals surface area contributed by atoms with Crippen molar-refractivity contribution in [1.29, 1.82) is 5.26 Å². The second-order valence-electron chi connectivity index (χ2n) is 3.17. The molecule has 96 valence electrons. The fraction of sp³-hybridized carbons (Fsp3) is 0.200. The largest absolute Gasteiger partial charge is 0.478 e. The van der Waals surface area contributed by atoms with Crippen molar-refractivity contribution in [2.75, 3.05) is 0 Å². The first-order valence-electron chi connectivity index (χ1n) is 4.54. The van der Waals surface area contributed by atoms with Gasteiger partial charge >= 0.3 is 11.5 Å². The predicted octanol–water partition coefficient (Wildman–Crippen LogP) is 2.33. The van der Waals surface area contributed by atoms with Crippen molar-refractivity contribution < 1.29 is 23.1 Å². The van der Waals surface area contributed by atoms with E-state index in [0.717, 1.165) is 12.1 Å². The van der Waals surface area contributed by atoms with Crippen LogP contribution in [0.25, 0.3) is 0 Å². The molecule has 1 aromatic carbocycles. The maximum Gasteiger partial charge on any atom is 0.446 e. The third-order valence-corrected chi connectivity index (χ3v) is 2.68. The van der Waals surface area contributed by atoms with Gasteiger partial charge in [-0.2, -0.15) is 18.4 Å². The van der Waals surface area contributed by atoms with Gasteiger partial charge in [-0.3, -0.25) is 0 Å². The normalized spacial score (nSPS) is 11.1. The molecule has 4 nitrogen and oxygen atoms in total. The van der Waals surface area contributed by atoms with Crippen LogP contribution in [-0.4, -0.2) is 16.6 Å².